The van der Waals surface area contributed by atoms with Gasteiger partial charge in [-0.05, 0) is 6.07 Å². The normalized spacial score (nSPS) is 12.2. The molecule has 0 aromatic carbocycles. The lowest BCUT2D eigenvalue weighted by Gasteiger charge is -2.06. The Labute approximate surface area is 70.8 Å². The van der Waals surface area contributed by atoms with Gasteiger partial charge in [-0.15, -0.1) is 13.2 Å². The van der Waals surface area contributed by atoms with E-state index < -0.39 is 6.30 Å². The van der Waals surface area contributed by atoms with Crippen molar-refractivity contribution in [1.29, 1.82) is 0 Å². The Kier molecular flexibility index (Phi) is 1.51. The van der Waals surface area contributed by atoms with E-state index in [9.17, 15) is 13.2 Å². The van der Waals surface area contributed by atoms with Gasteiger partial charge in [-0.2, -0.15) is 9.78 Å². The number of aromatic nitrogens is 3. The van der Waals surface area contributed by atoms with Crippen LogP contribution in [-0.2, 0) is 6.30 Å². The summed E-state index contributed by atoms with van der Waals surface area (Å²) in [6.45, 7) is 0. The average Bonchev–Trinajstić information content (AvgIpc) is 2.45. The van der Waals surface area contributed by atoms with Gasteiger partial charge in [0.05, 0.1) is 11.7 Å². The molecule has 0 atom stereocenters. The Bertz CT molecular complexity index is 432. The molecule has 0 amide bonds. The molecule has 0 fully saturated rings. The fraction of sp³-hybridized carbons (Fsp3) is 0.143. The van der Waals surface area contributed by atoms with E-state index in [1.807, 2.05) is 0 Å². The van der Waals surface area contributed by atoms with Crippen LogP contribution in [0.15, 0.2) is 24.7 Å². The third-order valence-corrected chi connectivity index (χ3v) is 1.61. The first-order valence-electron chi connectivity index (χ1n) is 3.44. The van der Waals surface area contributed by atoms with Crippen molar-refractivity contribution < 1.29 is 13.2 Å². The zero-order valence-electron chi connectivity index (χ0n) is 6.28. The topological polar surface area (TPSA) is 30.7 Å². The monoisotopic (exact) mass is 187 g/mol. The molecular weight excluding hydrogens is 183 g/mol. The lowest BCUT2D eigenvalue weighted by atomic mass is 10.3. The summed E-state index contributed by atoms with van der Waals surface area (Å²) in [5.41, 5.74) is 0.0162. The van der Waals surface area contributed by atoms with Crippen molar-refractivity contribution in [2.75, 3.05) is 0 Å². The summed E-state index contributed by atoms with van der Waals surface area (Å²) in [4.78, 5) is 3.69. The van der Waals surface area contributed by atoms with Crippen LogP contribution in [0.3, 0.4) is 0 Å². The van der Waals surface area contributed by atoms with E-state index in [1.54, 1.807) is 0 Å². The number of hydrogen-bond donors (Lipinski definition) is 0. The minimum atomic E-state index is -4.47. The zero-order chi connectivity index (χ0) is 9.47. The fourth-order valence-electron chi connectivity index (χ4n) is 1.08. The maximum atomic E-state index is 12.2. The highest BCUT2D eigenvalue weighted by molar-refractivity contribution is 5.77. The van der Waals surface area contributed by atoms with Crippen LogP contribution in [0, 0.1) is 0 Å². The third kappa shape index (κ3) is 1.24. The van der Waals surface area contributed by atoms with Crippen LogP contribution in [0.1, 0.15) is 0 Å². The number of halogens is 3. The summed E-state index contributed by atoms with van der Waals surface area (Å²) in [7, 11) is 0. The van der Waals surface area contributed by atoms with Crippen molar-refractivity contribution in [3.8, 4) is 0 Å². The standard InChI is InChI=1S/C7H4F3N3/c8-7(9,10)13-6-1-2-11-3-5(6)4-12-13/h1-4H. The second-order valence-corrected chi connectivity index (χ2v) is 2.46. The van der Waals surface area contributed by atoms with Crippen LogP contribution < -0.4 is 0 Å². The summed E-state index contributed by atoms with van der Waals surface area (Å²) < 4.78 is 36.7. The molecule has 6 heteroatoms. The number of alkyl halides is 3. The fourth-order valence-corrected chi connectivity index (χ4v) is 1.08. The molecule has 0 saturated carbocycles. The summed E-state index contributed by atoms with van der Waals surface area (Å²) in [5, 5.41) is 3.59. The summed E-state index contributed by atoms with van der Waals surface area (Å²) in [6, 6.07) is 1.27. The molecule has 13 heavy (non-hydrogen) atoms. The highest BCUT2D eigenvalue weighted by Crippen LogP contribution is 2.25. The average molecular weight is 187 g/mol. The minimum Gasteiger partial charge on any atom is -0.264 e. The molecule has 0 aliphatic heterocycles. The summed E-state index contributed by atoms with van der Waals surface area (Å²) >= 11 is 0. The molecule has 2 aromatic heterocycles. The Morgan fingerprint density at radius 2 is 2.00 bits per heavy atom. The highest BCUT2D eigenvalue weighted by Gasteiger charge is 2.33. The van der Waals surface area contributed by atoms with Gasteiger partial charge < -0.3 is 0 Å². The smallest absolute Gasteiger partial charge is 0.264 e. The third-order valence-electron chi connectivity index (χ3n) is 1.61. The van der Waals surface area contributed by atoms with Crippen LogP contribution in [0.5, 0.6) is 0 Å². The van der Waals surface area contributed by atoms with Crippen molar-refractivity contribution in [3.05, 3.63) is 24.7 Å². The lowest BCUT2D eigenvalue weighted by Crippen LogP contribution is -2.17. The largest absolute Gasteiger partial charge is 0.505 e. The van der Waals surface area contributed by atoms with Crippen molar-refractivity contribution >= 4 is 10.9 Å². The van der Waals surface area contributed by atoms with Gasteiger partial charge >= 0.3 is 6.30 Å². The highest BCUT2D eigenvalue weighted by atomic mass is 19.4. The van der Waals surface area contributed by atoms with E-state index >= 15 is 0 Å². The van der Waals surface area contributed by atoms with Gasteiger partial charge in [0, 0.05) is 17.8 Å². The number of rotatable bonds is 0. The SMILES string of the molecule is FC(F)(F)n1ncc2cnccc21. The van der Waals surface area contributed by atoms with E-state index in [-0.39, 0.29) is 10.2 Å². The van der Waals surface area contributed by atoms with Crippen LogP contribution >= 0.6 is 0 Å². The predicted octanol–water partition coefficient (Wildman–Crippen LogP) is 1.91. The second kappa shape index (κ2) is 2.45. The Hall–Kier alpha value is -1.59. The summed E-state index contributed by atoms with van der Waals surface area (Å²) in [5.74, 6) is 0. The van der Waals surface area contributed by atoms with Gasteiger partial charge in [-0.3, -0.25) is 4.98 Å². The molecule has 0 radical (unpaired) electrons. The molecule has 3 nitrogen and oxygen atoms in total. The van der Waals surface area contributed by atoms with Crippen molar-refractivity contribution in [1.82, 2.24) is 14.8 Å². The minimum absolute atomic E-state index is 0.0162. The molecule has 0 aliphatic carbocycles. The van der Waals surface area contributed by atoms with E-state index in [0.717, 1.165) is 6.20 Å². The van der Waals surface area contributed by atoms with Gasteiger partial charge in [0.15, 0.2) is 0 Å². The van der Waals surface area contributed by atoms with Crippen LogP contribution in [0.25, 0.3) is 10.9 Å². The quantitative estimate of drug-likeness (QED) is 0.630. The van der Waals surface area contributed by atoms with E-state index in [4.69, 9.17) is 0 Å². The molecule has 2 rings (SSSR count). The number of nitrogens with zero attached hydrogens (tertiary/aromatic N) is 3. The second-order valence-electron chi connectivity index (χ2n) is 2.46. The maximum absolute atomic E-state index is 12.2. The predicted molar refractivity (Wildman–Crippen MR) is 38.8 cm³/mol. The Morgan fingerprint density at radius 1 is 1.23 bits per heavy atom. The number of hydrogen-bond acceptors (Lipinski definition) is 2. The van der Waals surface area contributed by atoms with Gasteiger partial charge in [-0.1, -0.05) is 0 Å². The van der Waals surface area contributed by atoms with Crippen LogP contribution in [-0.4, -0.2) is 14.8 Å². The Balaban J connectivity index is 2.72. The van der Waals surface area contributed by atoms with Crippen LogP contribution in [0.2, 0.25) is 0 Å². The molecule has 0 N–H and O–H groups in total. The number of fused-ring (bicyclic) bond motifs is 1. The zero-order valence-corrected chi connectivity index (χ0v) is 6.28. The van der Waals surface area contributed by atoms with E-state index in [2.05, 4.69) is 10.1 Å². The molecule has 2 heterocycles. The van der Waals surface area contributed by atoms with Gasteiger partial charge in [-0.25, -0.2) is 0 Å². The van der Waals surface area contributed by atoms with Gasteiger partial charge in [0.2, 0.25) is 0 Å². The maximum Gasteiger partial charge on any atom is 0.505 e. The summed E-state index contributed by atoms with van der Waals surface area (Å²) in [6.07, 6.45) is -0.699. The first-order valence-corrected chi connectivity index (χ1v) is 3.44. The molecule has 2 aromatic rings. The molecule has 0 bridgehead atoms. The van der Waals surface area contributed by atoms with Gasteiger partial charge in [0.1, 0.15) is 0 Å². The Morgan fingerprint density at radius 3 is 2.69 bits per heavy atom. The van der Waals surface area contributed by atoms with Gasteiger partial charge in [0.25, 0.3) is 0 Å². The van der Waals surface area contributed by atoms with Crippen molar-refractivity contribution in [2.45, 2.75) is 6.30 Å². The molecule has 0 saturated heterocycles. The first kappa shape index (κ1) is 8.03. The molecule has 68 valence electrons. The van der Waals surface area contributed by atoms with E-state index in [0.29, 0.717) is 5.39 Å². The van der Waals surface area contributed by atoms with E-state index in [1.165, 1.54) is 18.5 Å². The molecule has 0 aliphatic rings. The molecule has 0 spiro atoms. The van der Waals surface area contributed by atoms with Crippen molar-refractivity contribution in [3.63, 3.8) is 0 Å². The molecular formula is C7H4F3N3. The van der Waals surface area contributed by atoms with Crippen molar-refractivity contribution in [2.24, 2.45) is 0 Å². The lowest BCUT2D eigenvalue weighted by molar-refractivity contribution is -0.209. The molecule has 0 unspecified atom stereocenters. The first-order chi connectivity index (χ1) is 6.09. The number of pyridine rings is 1. The van der Waals surface area contributed by atoms with Crippen LogP contribution in [0.4, 0.5) is 13.2 Å².